The van der Waals surface area contributed by atoms with Crippen molar-refractivity contribution in [3.05, 3.63) is 64.4 Å². The average molecular weight is 413 g/mol. The number of hydrogen-bond donors (Lipinski definition) is 1. The molecule has 3 aromatic carbocycles. The number of alkyl halides is 3. The summed E-state index contributed by atoms with van der Waals surface area (Å²) in [5, 5.41) is 18.9. The smallest absolute Gasteiger partial charge is 0.419 e. The summed E-state index contributed by atoms with van der Waals surface area (Å²) in [5.41, 5.74) is -1.49. The molecule has 0 atom stereocenters. The fourth-order valence-electron chi connectivity index (χ4n) is 2.30. The Morgan fingerprint density at radius 1 is 0.920 bits per heavy atom. The SMILES string of the molecule is Oc1ccc2c(Br)cccc2c1N=Nc1ccc(F)c(C(F)(F)F)c1. The monoisotopic (exact) mass is 412 g/mol. The molecule has 128 valence electrons. The third-order valence-electron chi connectivity index (χ3n) is 3.48. The van der Waals surface area contributed by atoms with Crippen molar-refractivity contribution in [3.8, 4) is 5.75 Å². The summed E-state index contributed by atoms with van der Waals surface area (Å²) in [7, 11) is 0. The number of halogens is 5. The van der Waals surface area contributed by atoms with Crippen LogP contribution in [0.1, 0.15) is 5.56 Å². The van der Waals surface area contributed by atoms with E-state index in [1.54, 1.807) is 24.3 Å². The number of hydrogen-bond acceptors (Lipinski definition) is 3. The lowest BCUT2D eigenvalue weighted by Gasteiger charge is -2.08. The van der Waals surface area contributed by atoms with Gasteiger partial charge in [0, 0.05) is 9.86 Å². The lowest BCUT2D eigenvalue weighted by Crippen LogP contribution is -2.07. The van der Waals surface area contributed by atoms with Crippen LogP contribution >= 0.6 is 15.9 Å². The van der Waals surface area contributed by atoms with Crippen LogP contribution in [0.25, 0.3) is 10.8 Å². The highest BCUT2D eigenvalue weighted by atomic mass is 79.9. The van der Waals surface area contributed by atoms with Gasteiger partial charge in [0.05, 0.1) is 11.3 Å². The first-order chi connectivity index (χ1) is 11.8. The van der Waals surface area contributed by atoms with E-state index < -0.39 is 17.6 Å². The Balaban J connectivity index is 2.08. The second-order valence-electron chi connectivity index (χ2n) is 5.13. The first kappa shape index (κ1) is 17.3. The summed E-state index contributed by atoms with van der Waals surface area (Å²) < 4.78 is 52.3. The van der Waals surface area contributed by atoms with E-state index in [0.717, 1.165) is 15.9 Å². The maximum atomic E-state index is 13.3. The zero-order valence-corrected chi connectivity index (χ0v) is 13.9. The van der Waals surface area contributed by atoms with Crippen LogP contribution in [-0.4, -0.2) is 5.11 Å². The second kappa shape index (κ2) is 6.44. The molecule has 0 radical (unpaired) electrons. The number of rotatable bonds is 2. The predicted octanol–water partition coefficient (Wildman–Crippen LogP) is 6.88. The van der Waals surface area contributed by atoms with Gasteiger partial charge >= 0.3 is 6.18 Å². The minimum atomic E-state index is -4.83. The van der Waals surface area contributed by atoms with Gasteiger partial charge in [-0.1, -0.05) is 28.1 Å². The molecule has 0 spiro atoms. The summed E-state index contributed by atoms with van der Waals surface area (Å²) in [4.78, 5) is 0. The van der Waals surface area contributed by atoms with E-state index in [0.29, 0.717) is 17.5 Å². The van der Waals surface area contributed by atoms with Gasteiger partial charge in [-0.3, -0.25) is 0 Å². The van der Waals surface area contributed by atoms with Crippen molar-refractivity contribution in [2.75, 3.05) is 0 Å². The molecule has 0 amide bonds. The van der Waals surface area contributed by atoms with Crippen LogP contribution in [0.15, 0.2) is 63.2 Å². The van der Waals surface area contributed by atoms with Gasteiger partial charge < -0.3 is 5.11 Å². The van der Waals surface area contributed by atoms with Gasteiger partial charge in [-0.15, -0.1) is 5.11 Å². The number of azo groups is 1. The van der Waals surface area contributed by atoms with Crippen LogP contribution in [0.4, 0.5) is 28.9 Å². The fourth-order valence-corrected chi connectivity index (χ4v) is 2.80. The largest absolute Gasteiger partial charge is 0.506 e. The highest BCUT2D eigenvalue weighted by Gasteiger charge is 2.34. The summed E-state index contributed by atoms with van der Waals surface area (Å²) in [5.74, 6) is -1.56. The van der Waals surface area contributed by atoms with Crippen LogP contribution < -0.4 is 0 Å². The van der Waals surface area contributed by atoms with Crippen LogP contribution in [0, 0.1) is 5.82 Å². The molecular weight excluding hydrogens is 404 g/mol. The number of phenolic OH excluding ortho intramolecular Hbond substituents is 1. The first-order valence-electron chi connectivity index (χ1n) is 6.96. The molecule has 0 fully saturated rings. The Labute approximate surface area is 147 Å². The van der Waals surface area contributed by atoms with Gasteiger partial charge in [0.2, 0.25) is 0 Å². The lowest BCUT2D eigenvalue weighted by molar-refractivity contribution is -0.139. The molecule has 0 aromatic heterocycles. The van der Waals surface area contributed by atoms with Crippen molar-refractivity contribution >= 4 is 38.1 Å². The molecule has 0 saturated heterocycles. The Morgan fingerprint density at radius 3 is 2.40 bits per heavy atom. The van der Waals surface area contributed by atoms with Crippen molar-refractivity contribution < 1.29 is 22.7 Å². The molecule has 3 nitrogen and oxygen atoms in total. The van der Waals surface area contributed by atoms with E-state index >= 15 is 0 Å². The van der Waals surface area contributed by atoms with Gasteiger partial charge in [0.25, 0.3) is 0 Å². The van der Waals surface area contributed by atoms with E-state index in [1.807, 2.05) is 0 Å². The fraction of sp³-hybridized carbons (Fsp3) is 0.0588. The maximum absolute atomic E-state index is 13.3. The summed E-state index contributed by atoms with van der Waals surface area (Å²) in [6.07, 6.45) is -4.83. The molecule has 0 saturated carbocycles. The Kier molecular flexibility index (Phi) is 4.47. The second-order valence-corrected chi connectivity index (χ2v) is 5.98. The molecule has 0 bridgehead atoms. The molecule has 25 heavy (non-hydrogen) atoms. The van der Waals surface area contributed by atoms with E-state index in [1.165, 1.54) is 6.07 Å². The van der Waals surface area contributed by atoms with Crippen molar-refractivity contribution in [3.63, 3.8) is 0 Å². The molecule has 3 rings (SSSR count). The maximum Gasteiger partial charge on any atom is 0.419 e. The minimum absolute atomic E-state index is 0.108. The van der Waals surface area contributed by atoms with Gasteiger partial charge in [-0.25, -0.2) is 4.39 Å². The van der Waals surface area contributed by atoms with Gasteiger partial charge in [0.15, 0.2) is 0 Å². The summed E-state index contributed by atoms with van der Waals surface area (Å²) >= 11 is 3.37. The van der Waals surface area contributed by atoms with Gasteiger partial charge in [-0.2, -0.15) is 18.3 Å². The van der Waals surface area contributed by atoms with Crippen LogP contribution in [-0.2, 0) is 6.18 Å². The number of aromatic hydroxyl groups is 1. The molecule has 0 aliphatic heterocycles. The van der Waals surface area contributed by atoms with Crippen molar-refractivity contribution in [1.82, 2.24) is 0 Å². The Hall–Kier alpha value is -2.48. The van der Waals surface area contributed by atoms with Gasteiger partial charge in [-0.05, 0) is 41.8 Å². The minimum Gasteiger partial charge on any atom is -0.506 e. The predicted molar refractivity (Wildman–Crippen MR) is 88.9 cm³/mol. The molecule has 3 aromatic rings. The standard InChI is InChI=1S/C17H9BrF4N2O/c18-13-3-1-2-11-10(13)5-7-15(25)16(11)24-23-9-4-6-14(19)12(8-9)17(20,21)22/h1-8,25H. The van der Waals surface area contributed by atoms with Crippen molar-refractivity contribution in [2.45, 2.75) is 6.18 Å². The molecule has 8 heteroatoms. The van der Waals surface area contributed by atoms with Crippen LogP contribution in [0.2, 0.25) is 0 Å². The molecule has 0 heterocycles. The van der Waals surface area contributed by atoms with E-state index in [9.17, 15) is 22.7 Å². The first-order valence-corrected chi connectivity index (χ1v) is 7.75. The van der Waals surface area contributed by atoms with E-state index in [4.69, 9.17) is 0 Å². The molecule has 0 aliphatic rings. The highest BCUT2D eigenvalue weighted by molar-refractivity contribution is 9.10. The number of benzene rings is 3. The van der Waals surface area contributed by atoms with Crippen molar-refractivity contribution in [1.29, 1.82) is 0 Å². The summed E-state index contributed by atoms with van der Waals surface area (Å²) in [6.45, 7) is 0. The molecular formula is C17H9BrF4N2O. The normalized spacial score (nSPS) is 12.2. The van der Waals surface area contributed by atoms with Crippen LogP contribution in [0.5, 0.6) is 5.75 Å². The third kappa shape index (κ3) is 3.48. The van der Waals surface area contributed by atoms with Crippen molar-refractivity contribution in [2.24, 2.45) is 10.2 Å². The van der Waals surface area contributed by atoms with Gasteiger partial charge in [0.1, 0.15) is 17.3 Å². The lowest BCUT2D eigenvalue weighted by atomic mass is 10.1. The highest BCUT2D eigenvalue weighted by Crippen LogP contribution is 2.39. The van der Waals surface area contributed by atoms with Crippen LogP contribution in [0.3, 0.4) is 0 Å². The molecule has 0 aliphatic carbocycles. The average Bonchev–Trinajstić information content (AvgIpc) is 2.54. The zero-order valence-electron chi connectivity index (χ0n) is 12.4. The Morgan fingerprint density at radius 2 is 1.68 bits per heavy atom. The third-order valence-corrected chi connectivity index (χ3v) is 4.17. The molecule has 1 N–H and O–H groups in total. The number of phenols is 1. The van der Waals surface area contributed by atoms with E-state index in [-0.39, 0.29) is 17.1 Å². The summed E-state index contributed by atoms with van der Waals surface area (Å²) in [6, 6.07) is 10.6. The number of nitrogens with zero attached hydrogens (tertiary/aromatic N) is 2. The van der Waals surface area contributed by atoms with E-state index in [2.05, 4.69) is 26.2 Å². The Bertz CT molecular complexity index is 986. The zero-order chi connectivity index (χ0) is 18.2. The quantitative estimate of drug-likeness (QED) is 0.361. The topological polar surface area (TPSA) is 45.0 Å². The molecule has 0 unspecified atom stereocenters. The number of fused-ring (bicyclic) bond motifs is 1.